The second-order valence-corrected chi connectivity index (χ2v) is 2.91. The number of carbonyl (C=O) groups is 1. The van der Waals surface area contributed by atoms with E-state index in [4.69, 9.17) is 0 Å². The minimum Gasteiger partial charge on any atom is -0.465 e. The highest BCUT2D eigenvalue weighted by atomic mass is 19.1. The fourth-order valence-electron chi connectivity index (χ4n) is 1.05. The maximum atomic E-state index is 13.2. The third-order valence-electron chi connectivity index (χ3n) is 1.99. The lowest BCUT2D eigenvalue weighted by atomic mass is 10.1. The van der Waals surface area contributed by atoms with Gasteiger partial charge in [0.25, 0.3) is 0 Å². The van der Waals surface area contributed by atoms with Crippen molar-refractivity contribution in [3.63, 3.8) is 0 Å². The van der Waals surface area contributed by atoms with E-state index in [1.54, 1.807) is 6.92 Å². The van der Waals surface area contributed by atoms with Gasteiger partial charge >= 0.3 is 5.97 Å². The van der Waals surface area contributed by atoms with E-state index in [2.05, 4.69) is 4.74 Å². The standard InChI is InChI=1S/C10H11FO2/c1-6-4-8(10(12)13-3)9(11)5-7(6)2/h4-5H,1-3H3. The molecule has 0 amide bonds. The van der Waals surface area contributed by atoms with Gasteiger partial charge in [0.1, 0.15) is 5.82 Å². The van der Waals surface area contributed by atoms with E-state index in [0.717, 1.165) is 11.1 Å². The Bertz CT molecular complexity index is 345. The Morgan fingerprint density at radius 2 is 1.85 bits per heavy atom. The molecule has 0 aliphatic carbocycles. The zero-order valence-corrected chi connectivity index (χ0v) is 7.85. The Kier molecular flexibility index (Phi) is 2.66. The molecule has 0 fully saturated rings. The first kappa shape index (κ1) is 9.71. The molecule has 0 aromatic heterocycles. The summed E-state index contributed by atoms with van der Waals surface area (Å²) >= 11 is 0. The molecule has 70 valence electrons. The number of hydrogen-bond acceptors (Lipinski definition) is 2. The fraction of sp³-hybridized carbons (Fsp3) is 0.300. The Morgan fingerprint density at radius 3 is 2.38 bits per heavy atom. The molecule has 0 radical (unpaired) electrons. The monoisotopic (exact) mass is 182 g/mol. The van der Waals surface area contributed by atoms with Crippen LogP contribution < -0.4 is 0 Å². The van der Waals surface area contributed by atoms with Crippen LogP contribution >= 0.6 is 0 Å². The summed E-state index contributed by atoms with van der Waals surface area (Å²) in [6.07, 6.45) is 0. The number of halogens is 1. The van der Waals surface area contributed by atoms with Crippen molar-refractivity contribution in [2.24, 2.45) is 0 Å². The third-order valence-corrected chi connectivity index (χ3v) is 1.99. The van der Waals surface area contributed by atoms with Gasteiger partial charge in [0.15, 0.2) is 0 Å². The minimum absolute atomic E-state index is 0.00870. The predicted octanol–water partition coefficient (Wildman–Crippen LogP) is 2.23. The van der Waals surface area contributed by atoms with Crippen molar-refractivity contribution in [3.05, 3.63) is 34.6 Å². The van der Waals surface area contributed by atoms with E-state index in [1.165, 1.54) is 19.2 Å². The van der Waals surface area contributed by atoms with E-state index in [9.17, 15) is 9.18 Å². The molecule has 0 saturated carbocycles. The van der Waals surface area contributed by atoms with Crippen molar-refractivity contribution in [1.82, 2.24) is 0 Å². The molecule has 3 heteroatoms. The zero-order chi connectivity index (χ0) is 10.0. The largest absolute Gasteiger partial charge is 0.465 e. The average Bonchev–Trinajstić information content (AvgIpc) is 2.10. The van der Waals surface area contributed by atoms with Gasteiger partial charge in [-0.05, 0) is 37.1 Å². The van der Waals surface area contributed by atoms with Crippen LogP contribution in [0.2, 0.25) is 0 Å². The smallest absolute Gasteiger partial charge is 0.340 e. The maximum absolute atomic E-state index is 13.2. The van der Waals surface area contributed by atoms with Gasteiger partial charge < -0.3 is 4.74 Å². The summed E-state index contributed by atoms with van der Waals surface area (Å²) in [5, 5.41) is 0. The number of hydrogen-bond donors (Lipinski definition) is 0. The molecule has 0 atom stereocenters. The molecule has 2 nitrogen and oxygen atoms in total. The summed E-state index contributed by atoms with van der Waals surface area (Å²) in [4.78, 5) is 11.0. The average molecular weight is 182 g/mol. The van der Waals surface area contributed by atoms with Crippen LogP contribution in [-0.2, 0) is 4.74 Å². The van der Waals surface area contributed by atoms with Crippen LogP contribution in [0, 0.1) is 19.7 Å². The number of benzene rings is 1. The van der Waals surface area contributed by atoms with Gasteiger partial charge in [-0.1, -0.05) is 0 Å². The molecule has 0 N–H and O–H groups in total. The number of methoxy groups -OCH3 is 1. The highest BCUT2D eigenvalue weighted by molar-refractivity contribution is 5.89. The molecule has 0 spiro atoms. The highest BCUT2D eigenvalue weighted by Crippen LogP contribution is 2.15. The number of aryl methyl sites for hydroxylation is 2. The quantitative estimate of drug-likeness (QED) is 0.622. The topological polar surface area (TPSA) is 26.3 Å². The van der Waals surface area contributed by atoms with Gasteiger partial charge in [0.05, 0.1) is 12.7 Å². The van der Waals surface area contributed by atoms with Crippen LogP contribution in [0.25, 0.3) is 0 Å². The number of ether oxygens (including phenoxy) is 1. The van der Waals surface area contributed by atoms with Crippen molar-refractivity contribution in [2.45, 2.75) is 13.8 Å². The lowest BCUT2D eigenvalue weighted by Gasteiger charge is -2.04. The van der Waals surface area contributed by atoms with Crippen LogP contribution in [0.3, 0.4) is 0 Å². The summed E-state index contributed by atoms with van der Waals surface area (Å²) in [5.41, 5.74) is 1.69. The molecule has 0 aliphatic heterocycles. The Balaban J connectivity index is 3.23. The predicted molar refractivity (Wildman–Crippen MR) is 47.2 cm³/mol. The van der Waals surface area contributed by atoms with E-state index in [0.29, 0.717) is 0 Å². The molecule has 0 saturated heterocycles. The summed E-state index contributed by atoms with van der Waals surface area (Å²) in [5.74, 6) is -1.17. The molecule has 13 heavy (non-hydrogen) atoms. The lowest BCUT2D eigenvalue weighted by molar-refractivity contribution is 0.0595. The number of rotatable bonds is 1. The molecular formula is C10H11FO2. The molecule has 0 aliphatic rings. The van der Waals surface area contributed by atoms with Crippen molar-refractivity contribution < 1.29 is 13.9 Å². The molecular weight excluding hydrogens is 171 g/mol. The van der Waals surface area contributed by atoms with Gasteiger partial charge in [0.2, 0.25) is 0 Å². The summed E-state index contributed by atoms with van der Waals surface area (Å²) in [7, 11) is 1.23. The third kappa shape index (κ3) is 1.86. The molecule has 1 rings (SSSR count). The van der Waals surface area contributed by atoms with Gasteiger partial charge in [-0.15, -0.1) is 0 Å². The second-order valence-electron chi connectivity index (χ2n) is 2.91. The van der Waals surface area contributed by atoms with Crippen molar-refractivity contribution in [3.8, 4) is 0 Å². The first-order valence-corrected chi connectivity index (χ1v) is 3.91. The van der Waals surface area contributed by atoms with E-state index in [-0.39, 0.29) is 5.56 Å². The van der Waals surface area contributed by atoms with E-state index >= 15 is 0 Å². The lowest BCUT2D eigenvalue weighted by Crippen LogP contribution is -2.05. The van der Waals surface area contributed by atoms with Crippen LogP contribution in [0.5, 0.6) is 0 Å². The minimum atomic E-state index is -0.638. The zero-order valence-electron chi connectivity index (χ0n) is 7.85. The van der Waals surface area contributed by atoms with Crippen LogP contribution in [0.4, 0.5) is 4.39 Å². The van der Waals surface area contributed by atoms with Crippen molar-refractivity contribution in [1.29, 1.82) is 0 Å². The Morgan fingerprint density at radius 1 is 1.31 bits per heavy atom. The molecule has 0 heterocycles. The Labute approximate surface area is 76.3 Å². The van der Waals surface area contributed by atoms with Gasteiger partial charge in [-0.2, -0.15) is 0 Å². The van der Waals surface area contributed by atoms with Gasteiger partial charge in [0, 0.05) is 0 Å². The molecule has 1 aromatic carbocycles. The van der Waals surface area contributed by atoms with Crippen LogP contribution in [0.15, 0.2) is 12.1 Å². The SMILES string of the molecule is COC(=O)c1cc(C)c(C)cc1F. The number of esters is 1. The summed E-state index contributed by atoms with van der Waals surface area (Å²) < 4.78 is 17.6. The van der Waals surface area contributed by atoms with Crippen LogP contribution in [0.1, 0.15) is 21.5 Å². The van der Waals surface area contributed by atoms with Crippen molar-refractivity contribution in [2.75, 3.05) is 7.11 Å². The maximum Gasteiger partial charge on any atom is 0.340 e. The van der Waals surface area contributed by atoms with Crippen molar-refractivity contribution >= 4 is 5.97 Å². The van der Waals surface area contributed by atoms with Crippen LogP contribution in [-0.4, -0.2) is 13.1 Å². The molecule has 0 bridgehead atoms. The van der Waals surface area contributed by atoms with E-state index in [1.807, 2.05) is 6.92 Å². The molecule has 1 aromatic rings. The van der Waals surface area contributed by atoms with Gasteiger partial charge in [-0.25, -0.2) is 9.18 Å². The molecule has 0 unspecified atom stereocenters. The second kappa shape index (κ2) is 3.56. The number of carbonyl (C=O) groups excluding carboxylic acids is 1. The highest BCUT2D eigenvalue weighted by Gasteiger charge is 2.12. The first-order chi connectivity index (χ1) is 6.06. The normalized spacial score (nSPS) is 9.85. The summed E-state index contributed by atoms with van der Waals surface area (Å²) in [6.45, 7) is 3.61. The first-order valence-electron chi connectivity index (χ1n) is 3.91. The van der Waals surface area contributed by atoms with E-state index < -0.39 is 11.8 Å². The fourth-order valence-corrected chi connectivity index (χ4v) is 1.05. The van der Waals surface area contributed by atoms with Gasteiger partial charge in [-0.3, -0.25) is 0 Å². The Hall–Kier alpha value is -1.38. The summed E-state index contributed by atoms with van der Waals surface area (Å²) in [6, 6.07) is 2.83.